The second kappa shape index (κ2) is 46.6. The number of unbranched alkanes of at least 4 members (excludes halogenated alkanes) is 13. The molecule has 0 aliphatic carbocycles. The number of carbonyl (C=O) groups is 2. The molecule has 0 aromatic rings. The minimum absolute atomic E-state index is 0.153. The van der Waals surface area contributed by atoms with Gasteiger partial charge in [0.1, 0.15) is 31.5 Å². The van der Waals surface area contributed by atoms with Crippen LogP contribution in [0.15, 0.2) is 85.1 Å². The minimum atomic E-state index is -4.80. The average Bonchev–Trinajstić information content (AvgIpc) is 3.31. The van der Waals surface area contributed by atoms with E-state index in [-0.39, 0.29) is 12.8 Å². The van der Waals surface area contributed by atoms with E-state index in [0.717, 1.165) is 89.9 Å². The number of ether oxygens (including phenoxy) is 2. The van der Waals surface area contributed by atoms with Crippen LogP contribution in [0, 0.1) is 0 Å². The number of rotatable bonds is 47. The molecule has 5 N–H and O–H groups in total. The highest BCUT2D eigenvalue weighted by molar-refractivity contribution is 7.47. The van der Waals surface area contributed by atoms with Crippen LogP contribution >= 0.6 is 15.6 Å². The van der Waals surface area contributed by atoms with Gasteiger partial charge in [-0.25, -0.2) is 9.13 Å². The van der Waals surface area contributed by atoms with Crippen LogP contribution in [0.3, 0.4) is 0 Å². The van der Waals surface area contributed by atoms with Gasteiger partial charge in [0.15, 0.2) is 0 Å². The van der Waals surface area contributed by atoms with Gasteiger partial charge in [0.05, 0.1) is 26.4 Å². The molecule has 0 aliphatic rings. The highest BCUT2D eigenvalue weighted by atomic mass is 31.2. The molecule has 17 heteroatoms. The van der Waals surface area contributed by atoms with E-state index in [2.05, 4.69) is 117 Å². The van der Waals surface area contributed by atoms with Crippen LogP contribution in [0.25, 0.3) is 0 Å². The standard InChI is InChI=1S/C51H88O15P2/c1-3-5-7-9-11-13-15-17-19-21-22-24-26-28-30-32-34-36-38-40-51(56)62-42-48(53)44-64-68(59,60)66-46-49(54)45-65-67(57,58)63-43-47(52)41-61-50(55)39-37-35-33-31-29-27-25-23-20-18-16-14-12-10-8-6-4-2/h5,7,11-14,17-20,22,24,28,30,47-49,52-54H,3-4,6,8-10,15-16,21,23,25-27,29,31-46H2,1-2H3,(H,57,58)(H,59,60)/b7-5-,13-11-,14-12-,19-17-,20-18-,24-22-,30-28-. The number of aliphatic hydroxyl groups is 3. The third-order valence-electron chi connectivity index (χ3n) is 9.83. The van der Waals surface area contributed by atoms with Gasteiger partial charge in [0.25, 0.3) is 0 Å². The number of hydrogen-bond donors (Lipinski definition) is 5. The van der Waals surface area contributed by atoms with Crippen molar-refractivity contribution in [1.82, 2.24) is 0 Å². The molecule has 0 saturated heterocycles. The second-order valence-electron chi connectivity index (χ2n) is 16.4. The quantitative estimate of drug-likeness (QED) is 0.0165. The third kappa shape index (κ3) is 48.3. The monoisotopic (exact) mass is 1000 g/mol. The maximum atomic E-state index is 12.2. The van der Waals surface area contributed by atoms with Crippen LogP contribution in [0.2, 0.25) is 0 Å². The Hall–Kier alpha value is -2.78. The lowest BCUT2D eigenvalue weighted by Gasteiger charge is -2.19. The molecule has 0 amide bonds. The Labute approximate surface area is 408 Å². The van der Waals surface area contributed by atoms with E-state index in [1.54, 1.807) is 0 Å². The highest BCUT2D eigenvalue weighted by Crippen LogP contribution is 2.45. The molecule has 68 heavy (non-hydrogen) atoms. The molecule has 392 valence electrons. The first-order valence-electron chi connectivity index (χ1n) is 24.9. The maximum Gasteiger partial charge on any atom is 0.472 e. The number of phosphoric acid groups is 2. The molecule has 0 heterocycles. The summed E-state index contributed by atoms with van der Waals surface area (Å²) in [6, 6.07) is 0. The van der Waals surface area contributed by atoms with E-state index in [0.29, 0.717) is 12.8 Å². The van der Waals surface area contributed by atoms with Gasteiger partial charge in [-0.15, -0.1) is 0 Å². The molecule has 0 spiro atoms. The van der Waals surface area contributed by atoms with Gasteiger partial charge in [-0.1, -0.05) is 150 Å². The summed E-state index contributed by atoms with van der Waals surface area (Å²) in [6.07, 6.45) is 48.5. The van der Waals surface area contributed by atoms with Crippen LogP contribution in [0.4, 0.5) is 0 Å². The predicted molar refractivity (Wildman–Crippen MR) is 270 cm³/mol. The van der Waals surface area contributed by atoms with Crippen molar-refractivity contribution in [2.75, 3.05) is 39.6 Å². The molecule has 0 rings (SSSR count). The SMILES string of the molecule is CC/C=C\C/C=C\C/C=C\C/C=C\C/C=C\CCCCCC(=O)OCC(O)COP(=O)(O)OCC(O)COP(=O)(O)OCC(O)COC(=O)CCCCCCCCC/C=C\C/C=C\CCCCC. The number of carbonyl (C=O) groups excluding carboxylic acids is 2. The van der Waals surface area contributed by atoms with Gasteiger partial charge in [0, 0.05) is 12.8 Å². The summed E-state index contributed by atoms with van der Waals surface area (Å²) in [5, 5.41) is 30.1. The van der Waals surface area contributed by atoms with Crippen LogP contribution in [-0.2, 0) is 46.3 Å². The number of esters is 2. The zero-order valence-electron chi connectivity index (χ0n) is 41.2. The van der Waals surface area contributed by atoms with E-state index < -0.39 is 85.5 Å². The second-order valence-corrected chi connectivity index (χ2v) is 19.3. The van der Waals surface area contributed by atoms with E-state index in [1.165, 1.54) is 38.5 Å². The molecular formula is C51H88O15P2. The fraction of sp³-hybridized carbons (Fsp3) is 0.686. The summed E-state index contributed by atoms with van der Waals surface area (Å²) in [4.78, 5) is 43.8. The Morgan fingerprint density at radius 1 is 0.397 bits per heavy atom. The summed E-state index contributed by atoms with van der Waals surface area (Å²) in [5.74, 6) is -1.04. The third-order valence-corrected chi connectivity index (χ3v) is 11.7. The van der Waals surface area contributed by atoms with Gasteiger partial charge >= 0.3 is 27.6 Å². The normalized spacial score (nSPS) is 15.7. The van der Waals surface area contributed by atoms with E-state index in [9.17, 15) is 43.8 Å². The van der Waals surface area contributed by atoms with Crippen molar-refractivity contribution in [3.05, 3.63) is 85.1 Å². The largest absolute Gasteiger partial charge is 0.472 e. The van der Waals surface area contributed by atoms with Crippen molar-refractivity contribution in [1.29, 1.82) is 0 Å². The van der Waals surface area contributed by atoms with Crippen LogP contribution in [0.1, 0.15) is 168 Å². The van der Waals surface area contributed by atoms with Crippen molar-refractivity contribution in [3.63, 3.8) is 0 Å². The lowest BCUT2D eigenvalue weighted by atomic mass is 10.1. The Kier molecular flexibility index (Phi) is 44.7. The molecule has 0 saturated carbocycles. The smallest absolute Gasteiger partial charge is 0.463 e. The molecule has 0 radical (unpaired) electrons. The lowest BCUT2D eigenvalue weighted by Crippen LogP contribution is -2.25. The van der Waals surface area contributed by atoms with Gasteiger partial charge in [0.2, 0.25) is 0 Å². The van der Waals surface area contributed by atoms with E-state index in [4.69, 9.17) is 9.47 Å². The van der Waals surface area contributed by atoms with Crippen LogP contribution < -0.4 is 0 Å². The van der Waals surface area contributed by atoms with Gasteiger partial charge in [-0.05, 0) is 89.9 Å². The Balaban J connectivity index is 3.93. The van der Waals surface area contributed by atoms with Gasteiger partial charge in [-0.3, -0.25) is 27.7 Å². The summed E-state index contributed by atoms with van der Waals surface area (Å²) in [5.41, 5.74) is 0. The van der Waals surface area contributed by atoms with Crippen molar-refractivity contribution >= 4 is 27.6 Å². The van der Waals surface area contributed by atoms with Crippen molar-refractivity contribution < 1.29 is 71.4 Å². The zero-order valence-corrected chi connectivity index (χ0v) is 43.0. The fourth-order valence-electron chi connectivity index (χ4n) is 5.97. The lowest BCUT2D eigenvalue weighted by molar-refractivity contribution is -0.148. The topological polar surface area (TPSA) is 225 Å². The maximum absolute atomic E-state index is 12.2. The molecule has 0 bridgehead atoms. The molecule has 0 aromatic carbocycles. The van der Waals surface area contributed by atoms with Gasteiger partial charge in [-0.2, -0.15) is 0 Å². The fourth-order valence-corrected chi connectivity index (χ4v) is 7.56. The van der Waals surface area contributed by atoms with Crippen LogP contribution in [0.5, 0.6) is 0 Å². The first-order chi connectivity index (χ1) is 32.8. The molecule has 0 fully saturated rings. The van der Waals surface area contributed by atoms with E-state index in [1.807, 2.05) is 0 Å². The Morgan fingerprint density at radius 3 is 1.03 bits per heavy atom. The molecule has 0 aromatic heterocycles. The Morgan fingerprint density at radius 2 is 0.676 bits per heavy atom. The van der Waals surface area contributed by atoms with Gasteiger partial charge < -0.3 is 34.6 Å². The zero-order chi connectivity index (χ0) is 50.2. The van der Waals surface area contributed by atoms with Crippen molar-refractivity contribution in [3.8, 4) is 0 Å². The van der Waals surface area contributed by atoms with E-state index >= 15 is 0 Å². The van der Waals surface area contributed by atoms with Crippen molar-refractivity contribution in [2.24, 2.45) is 0 Å². The first-order valence-corrected chi connectivity index (χ1v) is 27.9. The highest BCUT2D eigenvalue weighted by Gasteiger charge is 2.28. The number of allylic oxidation sites excluding steroid dienone is 14. The number of aliphatic hydroxyl groups excluding tert-OH is 3. The molecule has 5 unspecified atom stereocenters. The summed E-state index contributed by atoms with van der Waals surface area (Å²) in [6.45, 7) is 0.220. The molecule has 15 nitrogen and oxygen atoms in total. The minimum Gasteiger partial charge on any atom is -0.463 e. The molecule has 5 atom stereocenters. The number of phosphoric ester groups is 2. The average molecular weight is 1000 g/mol. The number of hydrogen-bond acceptors (Lipinski definition) is 13. The first kappa shape index (κ1) is 65.2. The van der Waals surface area contributed by atoms with Crippen LogP contribution in [-0.4, -0.2) is 95.0 Å². The van der Waals surface area contributed by atoms with Crippen molar-refractivity contribution in [2.45, 2.75) is 186 Å². The summed E-state index contributed by atoms with van der Waals surface area (Å²) in [7, 11) is -9.60. The predicted octanol–water partition coefficient (Wildman–Crippen LogP) is 11.7. The molecule has 0 aliphatic heterocycles. The summed E-state index contributed by atoms with van der Waals surface area (Å²) >= 11 is 0. The molecular weight excluding hydrogens is 914 g/mol. The Bertz CT molecular complexity index is 1540. The summed E-state index contributed by atoms with van der Waals surface area (Å²) < 4.78 is 53.0.